The summed E-state index contributed by atoms with van der Waals surface area (Å²) < 4.78 is 0. The quantitative estimate of drug-likeness (QED) is 0.192. The van der Waals surface area contributed by atoms with Crippen LogP contribution in [0.3, 0.4) is 0 Å². The van der Waals surface area contributed by atoms with Gasteiger partial charge in [0.25, 0.3) is 0 Å². The normalized spacial score (nSPS) is 16.0. The van der Waals surface area contributed by atoms with Crippen molar-refractivity contribution < 1.29 is 0 Å². The van der Waals surface area contributed by atoms with Crippen molar-refractivity contribution in [1.29, 1.82) is 0 Å². The van der Waals surface area contributed by atoms with E-state index in [9.17, 15) is 0 Å². The van der Waals surface area contributed by atoms with Crippen molar-refractivity contribution in [2.24, 2.45) is 0 Å². The van der Waals surface area contributed by atoms with Crippen molar-refractivity contribution in [3.05, 3.63) is 162 Å². The van der Waals surface area contributed by atoms with Gasteiger partial charge in [0.15, 0.2) is 5.82 Å². The van der Waals surface area contributed by atoms with Gasteiger partial charge in [-0.3, -0.25) is 0 Å². The molecule has 1 heterocycles. The maximum atomic E-state index is 5.11. The Bertz CT molecular complexity index is 2220. The topological polar surface area (TPSA) is 25.8 Å². The third-order valence-electron chi connectivity index (χ3n) is 10.7. The standard InChI is InChI=1S/C46H38N2/c1-4-14-32(15-5-1)43-31-44(33-16-6-2-7-17-33)48-45(47-43)38-21-13-20-36(29-38)34-18-12-19-35(28-34)37-24-25-42-40(30-37)39-22-8-9-23-41(39)46(42)26-10-3-11-27-46/h1,4-6,8-9,12-25,28-31H,2-3,7,10-11,26-27H2. The van der Waals surface area contributed by atoms with Gasteiger partial charge in [0.05, 0.1) is 11.4 Å². The summed E-state index contributed by atoms with van der Waals surface area (Å²) in [5.41, 5.74) is 16.2. The average Bonchev–Trinajstić information content (AvgIpc) is 3.43. The zero-order valence-corrected chi connectivity index (χ0v) is 27.2. The van der Waals surface area contributed by atoms with E-state index in [4.69, 9.17) is 9.97 Å². The first-order chi connectivity index (χ1) is 23.7. The summed E-state index contributed by atoms with van der Waals surface area (Å²) in [6, 6.07) is 46.6. The lowest BCUT2D eigenvalue weighted by Crippen LogP contribution is -2.27. The second kappa shape index (κ2) is 12.0. The third-order valence-corrected chi connectivity index (χ3v) is 10.7. The maximum Gasteiger partial charge on any atom is 0.160 e. The Hall–Kier alpha value is -5.34. The van der Waals surface area contributed by atoms with Gasteiger partial charge < -0.3 is 0 Å². The van der Waals surface area contributed by atoms with Gasteiger partial charge in [-0.2, -0.15) is 0 Å². The highest BCUT2D eigenvalue weighted by atomic mass is 14.9. The van der Waals surface area contributed by atoms with Crippen molar-refractivity contribution in [3.63, 3.8) is 0 Å². The minimum Gasteiger partial charge on any atom is -0.228 e. The highest BCUT2D eigenvalue weighted by molar-refractivity contribution is 5.86. The maximum absolute atomic E-state index is 5.11. The summed E-state index contributed by atoms with van der Waals surface area (Å²) in [4.78, 5) is 10.2. The SMILES string of the molecule is C1=CC(c2cc(-c3ccccc3)nc(-c3cccc(-c4cccc(-c5ccc6c(c5)-c5ccccc5C65CCCCC5)c4)c3)n2)=CCC1. The minimum atomic E-state index is 0.189. The van der Waals surface area contributed by atoms with Crippen LogP contribution in [0, 0.1) is 0 Å². The van der Waals surface area contributed by atoms with E-state index in [1.807, 2.05) is 6.07 Å². The number of nitrogens with zero attached hydrogens (tertiary/aromatic N) is 2. The van der Waals surface area contributed by atoms with Gasteiger partial charge in [-0.15, -0.1) is 0 Å². The second-order valence-corrected chi connectivity index (χ2v) is 13.6. The molecule has 232 valence electrons. The number of hydrogen-bond acceptors (Lipinski definition) is 2. The number of fused-ring (bicyclic) bond motifs is 5. The molecule has 1 fully saturated rings. The number of rotatable bonds is 5. The lowest BCUT2D eigenvalue weighted by atomic mass is 9.68. The van der Waals surface area contributed by atoms with Crippen molar-refractivity contribution in [2.75, 3.05) is 0 Å². The molecule has 0 radical (unpaired) electrons. The molecular weight excluding hydrogens is 581 g/mol. The Balaban J connectivity index is 1.09. The number of allylic oxidation sites excluding steroid dienone is 4. The third kappa shape index (κ3) is 5.04. The van der Waals surface area contributed by atoms with Crippen molar-refractivity contribution in [1.82, 2.24) is 9.97 Å². The fourth-order valence-corrected chi connectivity index (χ4v) is 8.34. The molecule has 2 heteroatoms. The Morgan fingerprint density at radius 2 is 1.10 bits per heavy atom. The van der Waals surface area contributed by atoms with Gasteiger partial charge in [0.1, 0.15) is 0 Å². The zero-order chi connectivity index (χ0) is 31.9. The predicted octanol–water partition coefficient (Wildman–Crippen LogP) is 12.1. The fraction of sp³-hybridized carbons (Fsp3) is 0.174. The molecular formula is C46H38N2. The summed E-state index contributed by atoms with van der Waals surface area (Å²) in [5.74, 6) is 0.748. The summed E-state index contributed by atoms with van der Waals surface area (Å²) in [6.07, 6.45) is 15.3. The first-order valence-electron chi connectivity index (χ1n) is 17.5. The van der Waals surface area contributed by atoms with E-state index in [-0.39, 0.29) is 5.41 Å². The molecule has 9 rings (SSSR count). The molecule has 0 saturated heterocycles. The molecule has 3 aliphatic rings. The van der Waals surface area contributed by atoms with Crippen LogP contribution in [0.25, 0.3) is 61.6 Å². The van der Waals surface area contributed by atoms with Gasteiger partial charge in [-0.1, -0.05) is 141 Å². The van der Waals surface area contributed by atoms with Gasteiger partial charge in [0.2, 0.25) is 0 Å². The Kier molecular flexibility index (Phi) is 7.23. The number of benzene rings is 5. The summed E-state index contributed by atoms with van der Waals surface area (Å²) >= 11 is 0. The lowest BCUT2D eigenvalue weighted by Gasteiger charge is -2.36. The van der Waals surface area contributed by atoms with Crippen molar-refractivity contribution in [3.8, 4) is 56.0 Å². The molecule has 0 bridgehead atoms. The summed E-state index contributed by atoms with van der Waals surface area (Å²) in [5, 5.41) is 0. The van der Waals surface area contributed by atoms with E-state index < -0.39 is 0 Å². The van der Waals surface area contributed by atoms with E-state index in [1.165, 1.54) is 65.5 Å². The molecule has 0 amide bonds. The molecule has 1 aromatic heterocycles. The minimum absolute atomic E-state index is 0.189. The first-order valence-corrected chi connectivity index (χ1v) is 17.5. The molecule has 2 nitrogen and oxygen atoms in total. The number of aromatic nitrogens is 2. The van der Waals surface area contributed by atoms with Crippen LogP contribution >= 0.6 is 0 Å². The van der Waals surface area contributed by atoms with E-state index in [0.29, 0.717) is 0 Å². The zero-order valence-electron chi connectivity index (χ0n) is 27.2. The van der Waals surface area contributed by atoms with Crippen LogP contribution in [-0.2, 0) is 5.41 Å². The Morgan fingerprint density at radius 1 is 0.458 bits per heavy atom. The van der Waals surface area contributed by atoms with Crippen LogP contribution in [0.5, 0.6) is 0 Å². The highest BCUT2D eigenvalue weighted by Gasteiger charge is 2.43. The van der Waals surface area contributed by atoms with Gasteiger partial charge in [-0.05, 0) is 100 Å². The molecule has 0 N–H and O–H groups in total. The Morgan fingerprint density at radius 3 is 1.88 bits per heavy atom. The van der Waals surface area contributed by atoms with Crippen LogP contribution in [0.15, 0.2) is 146 Å². The second-order valence-electron chi connectivity index (χ2n) is 13.6. The molecule has 48 heavy (non-hydrogen) atoms. The fourth-order valence-electron chi connectivity index (χ4n) is 8.34. The van der Waals surface area contributed by atoms with Crippen LogP contribution in [0.4, 0.5) is 0 Å². The average molecular weight is 619 g/mol. The molecule has 0 atom stereocenters. The van der Waals surface area contributed by atoms with Crippen LogP contribution < -0.4 is 0 Å². The molecule has 0 unspecified atom stereocenters. The first kappa shape index (κ1) is 28.8. The summed E-state index contributed by atoms with van der Waals surface area (Å²) in [6.45, 7) is 0. The smallest absolute Gasteiger partial charge is 0.160 e. The number of hydrogen-bond donors (Lipinski definition) is 0. The van der Waals surface area contributed by atoms with Gasteiger partial charge in [-0.25, -0.2) is 9.97 Å². The van der Waals surface area contributed by atoms with Crippen molar-refractivity contribution >= 4 is 5.57 Å². The Labute approximate surface area is 283 Å². The molecule has 0 aliphatic heterocycles. The van der Waals surface area contributed by atoms with E-state index in [2.05, 4.69) is 140 Å². The predicted molar refractivity (Wildman–Crippen MR) is 199 cm³/mol. The van der Waals surface area contributed by atoms with E-state index in [0.717, 1.165) is 52.3 Å². The van der Waals surface area contributed by atoms with Crippen LogP contribution in [0.1, 0.15) is 61.8 Å². The lowest BCUT2D eigenvalue weighted by molar-refractivity contribution is 0.353. The molecule has 1 saturated carbocycles. The molecule has 3 aliphatic carbocycles. The largest absolute Gasteiger partial charge is 0.228 e. The summed E-state index contributed by atoms with van der Waals surface area (Å²) in [7, 11) is 0. The van der Waals surface area contributed by atoms with Crippen LogP contribution in [-0.4, -0.2) is 9.97 Å². The van der Waals surface area contributed by atoms with Gasteiger partial charge >= 0.3 is 0 Å². The molecule has 1 spiro atoms. The van der Waals surface area contributed by atoms with Gasteiger partial charge in [0, 0.05) is 16.5 Å². The van der Waals surface area contributed by atoms with Crippen molar-refractivity contribution in [2.45, 2.75) is 50.4 Å². The molecule has 5 aromatic carbocycles. The highest BCUT2D eigenvalue weighted by Crippen LogP contribution is 2.56. The molecule has 6 aromatic rings. The van der Waals surface area contributed by atoms with E-state index in [1.54, 1.807) is 5.56 Å². The van der Waals surface area contributed by atoms with E-state index >= 15 is 0 Å². The monoisotopic (exact) mass is 618 g/mol. The van der Waals surface area contributed by atoms with Crippen LogP contribution in [0.2, 0.25) is 0 Å².